The second kappa shape index (κ2) is 44.0. The smallest absolute Gasteiger partial charge is 0.0207 e. The van der Waals surface area contributed by atoms with Crippen LogP contribution in [-0.2, 0) is 0 Å². The molecule has 1 unspecified atom stereocenters. The predicted octanol–water partition coefficient (Wildman–Crippen LogP) is 14.6. The Morgan fingerprint density at radius 1 is 0.426 bits per heavy atom. The van der Waals surface area contributed by atoms with Crippen molar-refractivity contribution in [2.45, 2.75) is 264 Å². The molecule has 0 aromatic rings. The van der Waals surface area contributed by atoms with Crippen LogP contribution in [0.15, 0.2) is 0 Å². The first kappa shape index (κ1) is 51.9. The van der Waals surface area contributed by atoms with E-state index in [-0.39, 0.29) is 0 Å². The average molecular weight is 761 g/mol. The molecule has 1 aliphatic heterocycles. The zero-order valence-corrected chi connectivity index (χ0v) is 38.0. The van der Waals surface area contributed by atoms with Gasteiger partial charge >= 0.3 is 0 Å². The van der Waals surface area contributed by atoms with Gasteiger partial charge in [-0.15, -0.1) is 0 Å². The fourth-order valence-electron chi connectivity index (χ4n) is 8.76. The summed E-state index contributed by atoms with van der Waals surface area (Å²) in [6, 6.07) is 0.641. The maximum atomic E-state index is 4.13. The SMILES string of the molecule is CCCCCCCCCCCCCCNC(CCN1CCNCC1)CN(CCCCCCCCCCCCCC)CCCCCCCCCCCCCC. The highest BCUT2D eigenvalue weighted by Crippen LogP contribution is 2.16. The number of piperazine rings is 1. The van der Waals surface area contributed by atoms with E-state index in [1.807, 2.05) is 0 Å². The van der Waals surface area contributed by atoms with Crippen molar-refractivity contribution in [3.63, 3.8) is 0 Å². The Morgan fingerprint density at radius 3 is 1.09 bits per heavy atom. The van der Waals surface area contributed by atoms with Crippen LogP contribution >= 0.6 is 0 Å². The van der Waals surface area contributed by atoms with Crippen LogP contribution in [0, 0.1) is 0 Å². The third-order valence-electron chi connectivity index (χ3n) is 12.6. The molecule has 1 atom stereocenters. The molecule has 4 nitrogen and oxygen atoms in total. The molecule has 2 N–H and O–H groups in total. The van der Waals surface area contributed by atoms with Gasteiger partial charge in [0.1, 0.15) is 0 Å². The average Bonchev–Trinajstić information content (AvgIpc) is 3.19. The van der Waals surface area contributed by atoms with E-state index in [0.717, 1.165) is 0 Å². The summed E-state index contributed by atoms with van der Waals surface area (Å²) in [5.74, 6) is 0. The van der Waals surface area contributed by atoms with Gasteiger partial charge in [-0.05, 0) is 51.9 Å². The number of nitrogens with zero attached hydrogens (tertiary/aromatic N) is 2. The maximum absolute atomic E-state index is 4.13. The monoisotopic (exact) mass is 761 g/mol. The Bertz CT molecular complexity index is 652. The second-order valence-electron chi connectivity index (χ2n) is 18.0. The molecule has 0 saturated carbocycles. The summed E-state index contributed by atoms with van der Waals surface area (Å²) in [6.45, 7) is 18.1. The van der Waals surface area contributed by atoms with Gasteiger partial charge in [0.05, 0.1) is 0 Å². The van der Waals surface area contributed by atoms with Crippen LogP contribution in [0.5, 0.6) is 0 Å². The van der Waals surface area contributed by atoms with Crippen molar-refractivity contribution in [1.82, 2.24) is 20.4 Å². The molecule has 0 radical (unpaired) electrons. The molecular formula is C50H104N4. The van der Waals surface area contributed by atoms with Crippen molar-refractivity contribution in [3.05, 3.63) is 0 Å². The summed E-state index contributed by atoms with van der Waals surface area (Å²) in [6.07, 6.45) is 53.2. The zero-order valence-electron chi connectivity index (χ0n) is 38.0. The molecule has 0 bridgehead atoms. The van der Waals surface area contributed by atoms with Crippen LogP contribution in [0.25, 0.3) is 0 Å². The normalized spacial score (nSPS) is 14.4. The van der Waals surface area contributed by atoms with Crippen LogP contribution in [0.4, 0.5) is 0 Å². The molecule has 1 aliphatic rings. The lowest BCUT2D eigenvalue weighted by Gasteiger charge is -2.32. The van der Waals surface area contributed by atoms with Gasteiger partial charge in [0.2, 0.25) is 0 Å². The third-order valence-corrected chi connectivity index (χ3v) is 12.6. The lowest BCUT2D eigenvalue weighted by Crippen LogP contribution is -2.47. The molecular weight excluding hydrogens is 657 g/mol. The fourth-order valence-corrected chi connectivity index (χ4v) is 8.76. The van der Waals surface area contributed by atoms with Gasteiger partial charge in [0.15, 0.2) is 0 Å². The van der Waals surface area contributed by atoms with Gasteiger partial charge in [-0.2, -0.15) is 0 Å². The molecule has 0 aromatic carbocycles. The summed E-state index contributed by atoms with van der Waals surface area (Å²) >= 11 is 0. The highest BCUT2D eigenvalue weighted by molar-refractivity contribution is 4.77. The number of hydrogen-bond donors (Lipinski definition) is 2. The molecule has 1 fully saturated rings. The molecule has 0 spiro atoms. The van der Waals surface area contributed by atoms with Gasteiger partial charge in [-0.1, -0.05) is 233 Å². The van der Waals surface area contributed by atoms with E-state index in [9.17, 15) is 0 Å². The molecule has 4 heteroatoms. The van der Waals surface area contributed by atoms with Gasteiger partial charge < -0.3 is 20.4 Å². The molecule has 1 heterocycles. The van der Waals surface area contributed by atoms with E-state index in [4.69, 9.17) is 0 Å². The summed E-state index contributed by atoms with van der Waals surface area (Å²) < 4.78 is 0. The van der Waals surface area contributed by atoms with Crippen LogP contribution in [-0.4, -0.2) is 74.7 Å². The van der Waals surface area contributed by atoms with Gasteiger partial charge in [-0.3, -0.25) is 0 Å². The van der Waals surface area contributed by atoms with Crippen LogP contribution in [0.1, 0.15) is 258 Å². The maximum Gasteiger partial charge on any atom is 0.0207 e. The zero-order chi connectivity index (χ0) is 38.7. The van der Waals surface area contributed by atoms with Gasteiger partial charge in [0.25, 0.3) is 0 Å². The number of rotatable bonds is 45. The summed E-state index contributed by atoms with van der Waals surface area (Å²) in [5, 5.41) is 7.70. The Kier molecular flexibility index (Phi) is 42.2. The summed E-state index contributed by atoms with van der Waals surface area (Å²) in [4.78, 5) is 5.63. The van der Waals surface area contributed by atoms with Crippen molar-refractivity contribution in [3.8, 4) is 0 Å². The minimum absolute atomic E-state index is 0.641. The Balaban J connectivity index is 2.45. The minimum Gasteiger partial charge on any atom is -0.314 e. The van der Waals surface area contributed by atoms with Crippen molar-refractivity contribution in [2.75, 3.05) is 58.9 Å². The Labute approximate surface area is 342 Å². The van der Waals surface area contributed by atoms with E-state index >= 15 is 0 Å². The number of hydrogen-bond acceptors (Lipinski definition) is 4. The first-order valence-corrected chi connectivity index (χ1v) is 25.7. The standard InChI is InChI=1S/C50H104N4/c1-4-7-10-13-16-19-22-25-28-31-34-37-41-52-50(40-46-53-47-42-51-43-48-53)49-54(44-38-35-32-29-26-23-20-17-14-11-8-5-2)45-39-36-33-30-27-24-21-18-15-12-9-6-3/h50-52H,4-49H2,1-3H3. The summed E-state index contributed by atoms with van der Waals surface area (Å²) in [7, 11) is 0. The van der Waals surface area contributed by atoms with E-state index in [1.165, 1.54) is 296 Å². The highest BCUT2D eigenvalue weighted by Gasteiger charge is 2.17. The van der Waals surface area contributed by atoms with Crippen molar-refractivity contribution in [1.29, 1.82) is 0 Å². The molecule has 0 aromatic heterocycles. The van der Waals surface area contributed by atoms with Crippen LogP contribution in [0.2, 0.25) is 0 Å². The molecule has 324 valence electrons. The van der Waals surface area contributed by atoms with E-state index in [2.05, 4.69) is 41.2 Å². The van der Waals surface area contributed by atoms with Crippen LogP contribution < -0.4 is 10.6 Å². The minimum atomic E-state index is 0.641. The van der Waals surface area contributed by atoms with Gasteiger partial charge in [0, 0.05) is 38.8 Å². The molecule has 1 rings (SSSR count). The van der Waals surface area contributed by atoms with E-state index < -0.39 is 0 Å². The molecule has 1 saturated heterocycles. The quantitative estimate of drug-likeness (QED) is 0.0605. The molecule has 0 amide bonds. The fraction of sp³-hybridized carbons (Fsp3) is 1.00. The first-order chi connectivity index (χ1) is 26.8. The van der Waals surface area contributed by atoms with E-state index in [1.54, 1.807) is 0 Å². The first-order valence-electron chi connectivity index (χ1n) is 25.7. The Hall–Kier alpha value is -0.160. The van der Waals surface area contributed by atoms with Crippen molar-refractivity contribution < 1.29 is 0 Å². The Morgan fingerprint density at radius 2 is 0.741 bits per heavy atom. The van der Waals surface area contributed by atoms with Crippen molar-refractivity contribution >= 4 is 0 Å². The lowest BCUT2D eigenvalue weighted by molar-refractivity contribution is 0.195. The third kappa shape index (κ3) is 37.4. The lowest BCUT2D eigenvalue weighted by atomic mass is 10.0. The van der Waals surface area contributed by atoms with Gasteiger partial charge in [-0.25, -0.2) is 0 Å². The topological polar surface area (TPSA) is 30.5 Å². The number of unbranched alkanes of at least 4 members (excludes halogenated alkanes) is 33. The molecule has 54 heavy (non-hydrogen) atoms. The van der Waals surface area contributed by atoms with E-state index in [0.29, 0.717) is 6.04 Å². The van der Waals surface area contributed by atoms with Crippen molar-refractivity contribution in [2.24, 2.45) is 0 Å². The second-order valence-corrected chi connectivity index (χ2v) is 18.0. The molecule has 0 aliphatic carbocycles. The largest absolute Gasteiger partial charge is 0.314 e. The predicted molar refractivity (Wildman–Crippen MR) is 245 cm³/mol. The number of nitrogens with one attached hydrogen (secondary N) is 2. The summed E-state index contributed by atoms with van der Waals surface area (Å²) in [5.41, 5.74) is 0. The van der Waals surface area contributed by atoms with Crippen LogP contribution in [0.3, 0.4) is 0 Å². The highest BCUT2D eigenvalue weighted by atomic mass is 15.2.